The summed E-state index contributed by atoms with van der Waals surface area (Å²) < 4.78 is 28.5. The van der Waals surface area contributed by atoms with Gasteiger partial charge in [-0.3, -0.25) is 4.79 Å². The molecule has 0 fully saturated rings. The lowest BCUT2D eigenvalue weighted by molar-refractivity contribution is 0.102. The summed E-state index contributed by atoms with van der Waals surface area (Å²) in [4.78, 5) is 17.4. The first-order chi connectivity index (χ1) is 12.3. The predicted octanol–water partition coefficient (Wildman–Crippen LogP) is 4.67. The van der Waals surface area contributed by atoms with Crippen LogP contribution < -0.4 is 5.32 Å². The molecule has 1 amide bonds. The van der Waals surface area contributed by atoms with E-state index in [1.807, 2.05) is 27.7 Å². The molecule has 7 heteroatoms. The highest BCUT2D eigenvalue weighted by molar-refractivity contribution is 6.12. The van der Waals surface area contributed by atoms with Crippen molar-refractivity contribution >= 4 is 22.6 Å². The van der Waals surface area contributed by atoms with E-state index in [0.717, 1.165) is 23.9 Å². The van der Waals surface area contributed by atoms with Crippen LogP contribution in [0.4, 0.5) is 14.5 Å². The lowest BCUT2D eigenvalue weighted by atomic mass is 10.0. The summed E-state index contributed by atoms with van der Waals surface area (Å²) in [6.07, 6.45) is 1.59. The molecule has 1 N–H and O–H groups in total. The molecule has 26 heavy (non-hydrogen) atoms. The molecular weight excluding hydrogens is 338 g/mol. The largest absolute Gasteiger partial charge is 0.322 e. The summed E-state index contributed by atoms with van der Waals surface area (Å²) in [6.45, 7) is 7.92. The van der Waals surface area contributed by atoms with Gasteiger partial charge >= 0.3 is 0 Å². The topological polar surface area (TPSA) is 59.8 Å². The second-order valence-electron chi connectivity index (χ2n) is 6.78. The van der Waals surface area contributed by atoms with Crippen molar-refractivity contribution in [3.05, 3.63) is 53.4 Å². The maximum atomic E-state index is 13.4. The number of anilines is 1. The van der Waals surface area contributed by atoms with E-state index < -0.39 is 17.5 Å². The number of nitrogens with one attached hydrogen (secondary N) is 1. The second kappa shape index (κ2) is 6.82. The van der Waals surface area contributed by atoms with Crippen LogP contribution in [0.1, 0.15) is 55.7 Å². The standard InChI is InChI=1S/C19H20F2N4O/c1-10(2)17-8-15(16-9-22-25(11(3)4)18(16)24-17)19(26)23-14-6-12(20)5-13(21)7-14/h5-11H,1-4H3,(H,23,26). The van der Waals surface area contributed by atoms with Crippen molar-refractivity contribution in [1.29, 1.82) is 0 Å². The first kappa shape index (κ1) is 18.0. The fraction of sp³-hybridized carbons (Fsp3) is 0.316. The third-order valence-corrected chi connectivity index (χ3v) is 4.03. The van der Waals surface area contributed by atoms with Crippen molar-refractivity contribution in [2.75, 3.05) is 5.32 Å². The molecule has 3 rings (SSSR count). The zero-order valence-corrected chi connectivity index (χ0v) is 15.0. The number of aromatic nitrogens is 3. The van der Waals surface area contributed by atoms with Gasteiger partial charge < -0.3 is 5.32 Å². The van der Waals surface area contributed by atoms with Gasteiger partial charge in [-0.25, -0.2) is 18.4 Å². The summed E-state index contributed by atoms with van der Waals surface area (Å²) >= 11 is 0. The Labute approximate surface area is 150 Å². The number of benzene rings is 1. The van der Waals surface area contributed by atoms with E-state index in [1.54, 1.807) is 16.9 Å². The van der Waals surface area contributed by atoms with Crippen LogP contribution in [0.25, 0.3) is 11.0 Å². The number of fused-ring (bicyclic) bond motifs is 1. The molecule has 0 atom stereocenters. The van der Waals surface area contributed by atoms with E-state index in [-0.39, 0.29) is 17.6 Å². The van der Waals surface area contributed by atoms with Crippen molar-refractivity contribution in [2.24, 2.45) is 0 Å². The first-order valence-corrected chi connectivity index (χ1v) is 8.42. The Morgan fingerprint density at radius 1 is 1.08 bits per heavy atom. The predicted molar refractivity (Wildman–Crippen MR) is 96.3 cm³/mol. The van der Waals surface area contributed by atoms with Crippen molar-refractivity contribution in [3.8, 4) is 0 Å². The molecule has 5 nitrogen and oxygen atoms in total. The van der Waals surface area contributed by atoms with Crippen LogP contribution in [-0.2, 0) is 0 Å². The van der Waals surface area contributed by atoms with Gasteiger partial charge in [-0.2, -0.15) is 5.10 Å². The molecule has 0 unspecified atom stereocenters. The van der Waals surface area contributed by atoms with Gasteiger partial charge in [0.25, 0.3) is 5.91 Å². The second-order valence-corrected chi connectivity index (χ2v) is 6.78. The maximum Gasteiger partial charge on any atom is 0.256 e. The molecule has 0 bridgehead atoms. The summed E-state index contributed by atoms with van der Waals surface area (Å²) in [5.41, 5.74) is 1.78. The van der Waals surface area contributed by atoms with Gasteiger partial charge in [0.05, 0.1) is 17.1 Å². The Balaban J connectivity index is 2.09. The van der Waals surface area contributed by atoms with E-state index in [4.69, 9.17) is 0 Å². The lowest BCUT2D eigenvalue weighted by Crippen LogP contribution is -2.14. The normalized spacial score (nSPS) is 11.5. The van der Waals surface area contributed by atoms with Crippen LogP contribution in [0, 0.1) is 11.6 Å². The Morgan fingerprint density at radius 3 is 2.31 bits per heavy atom. The lowest BCUT2D eigenvalue weighted by Gasteiger charge is -2.12. The SMILES string of the molecule is CC(C)c1cc(C(=O)Nc2cc(F)cc(F)c2)c2cnn(C(C)C)c2n1. The minimum atomic E-state index is -0.754. The Bertz CT molecular complexity index is 959. The Kier molecular flexibility index (Phi) is 4.71. The van der Waals surface area contributed by atoms with Crippen LogP contribution in [0.3, 0.4) is 0 Å². The molecule has 0 saturated carbocycles. The maximum absolute atomic E-state index is 13.4. The average Bonchev–Trinajstić information content (AvgIpc) is 2.96. The highest BCUT2D eigenvalue weighted by atomic mass is 19.1. The number of carbonyl (C=O) groups is 1. The van der Waals surface area contributed by atoms with Gasteiger partial charge in [0.1, 0.15) is 11.6 Å². The van der Waals surface area contributed by atoms with Crippen LogP contribution in [-0.4, -0.2) is 20.7 Å². The molecule has 0 radical (unpaired) electrons. The third-order valence-electron chi connectivity index (χ3n) is 4.03. The van der Waals surface area contributed by atoms with Crippen LogP contribution in [0.2, 0.25) is 0 Å². The van der Waals surface area contributed by atoms with Crippen LogP contribution in [0.5, 0.6) is 0 Å². The van der Waals surface area contributed by atoms with Gasteiger partial charge in [-0.05, 0) is 38.0 Å². The average molecular weight is 358 g/mol. The zero-order chi connectivity index (χ0) is 19.0. The number of hydrogen-bond acceptors (Lipinski definition) is 3. The van der Waals surface area contributed by atoms with E-state index >= 15 is 0 Å². The molecule has 2 aromatic heterocycles. The zero-order valence-electron chi connectivity index (χ0n) is 15.0. The minimum absolute atomic E-state index is 0.0554. The molecule has 0 aliphatic rings. The van der Waals surface area contributed by atoms with Crippen molar-refractivity contribution in [3.63, 3.8) is 0 Å². The van der Waals surface area contributed by atoms with Crippen LogP contribution >= 0.6 is 0 Å². The molecule has 0 aliphatic heterocycles. The number of halogens is 2. The van der Waals surface area contributed by atoms with Gasteiger partial charge in [0.2, 0.25) is 0 Å². The van der Waals surface area contributed by atoms with E-state index in [9.17, 15) is 13.6 Å². The summed E-state index contributed by atoms with van der Waals surface area (Å²) in [5.74, 6) is -1.87. The third kappa shape index (κ3) is 3.42. The summed E-state index contributed by atoms with van der Waals surface area (Å²) in [6, 6.07) is 4.67. The molecule has 3 aromatic rings. The highest BCUT2D eigenvalue weighted by Crippen LogP contribution is 2.25. The van der Waals surface area contributed by atoms with E-state index in [2.05, 4.69) is 15.4 Å². The number of carbonyl (C=O) groups excluding carboxylic acids is 1. The monoisotopic (exact) mass is 358 g/mol. The van der Waals surface area contributed by atoms with Gasteiger partial charge in [-0.15, -0.1) is 0 Å². The van der Waals surface area contributed by atoms with Gasteiger partial charge in [0, 0.05) is 23.5 Å². The Hall–Kier alpha value is -2.83. The molecular formula is C19H20F2N4O. The molecule has 1 aromatic carbocycles. The first-order valence-electron chi connectivity index (χ1n) is 8.42. The number of rotatable bonds is 4. The van der Waals surface area contributed by atoms with Crippen molar-refractivity contribution in [2.45, 2.75) is 39.7 Å². The number of amides is 1. The Morgan fingerprint density at radius 2 is 1.73 bits per heavy atom. The van der Waals surface area contributed by atoms with Gasteiger partial charge in [0.15, 0.2) is 5.65 Å². The van der Waals surface area contributed by atoms with Crippen LogP contribution in [0.15, 0.2) is 30.5 Å². The number of pyridine rings is 1. The summed E-state index contributed by atoms with van der Waals surface area (Å²) in [5, 5.41) is 7.48. The molecule has 0 saturated heterocycles. The fourth-order valence-electron chi connectivity index (χ4n) is 2.72. The van der Waals surface area contributed by atoms with Gasteiger partial charge in [-0.1, -0.05) is 13.8 Å². The van der Waals surface area contributed by atoms with E-state index in [1.165, 1.54) is 0 Å². The minimum Gasteiger partial charge on any atom is -0.322 e. The molecule has 2 heterocycles. The number of nitrogens with zero attached hydrogens (tertiary/aromatic N) is 3. The van der Waals surface area contributed by atoms with E-state index in [0.29, 0.717) is 16.6 Å². The quantitative estimate of drug-likeness (QED) is 0.737. The number of hydrogen-bond donors (Lipinski definition) is 1. The highest BCUT2D eigenvalue weighted by Gasteiger charge is 2.19. The molecule has 0 aliphatic carbocycles. The molecule has 0 spiro atoms. The summed E-state index contributed by atoms with van der Waals surface area (Å²) in [7, 11) is 0. The molecule has 136 valence electrons. The smallest absolute Gasteiger partial charge is 0.256 e. The van der Waals surface area contributed by atoms with Crippen molar-refractivity contribution < 1.29 is 13.6 Å². The fourth-order valence-corrected chi connectivity index (χ4v) is 2.72. The van der Waals surface area contributed by atoms with Crippen molar-refractivity contribution in [1.82, 2.24) is 14.8 Å².